The molecule has 3 unspecified atom stereocenters. The third-order valence-corrected chi connectivity index (χ3v) is 10.5. The number of nitrogens with zero attached hydrogens (tertiary/aromatic N) is 3. The van der Waals surface area contributed by atoms with Gasteiger partial charge in [0.15, 0.2) is 0 Å². The summed E-state index contributed by atoms with van der Waals surface area (Å²) in [6, 6.07) is 8.97. The van der Waals surface area contributed by atoms with Gasteiger partial charge in [-0.25, -0.2) is 0 Å². The maximum absolute atomic E-state index is 15.1. The summed E-state index contributed by atoms with van der Waals surface area (Å²) in [7, 11) is 0. The Morgan fingerprint density at radius 3 is 2.28 bits per heavy atom. The fourth-order valence-corrected chi connectivity index (χ4v) is 8.90. The van der Waals surface area contributed by atoms with E-state index >= 15 is 4.79 Å². The summed E-state index contributed by atoms with van der Waals surface area (Å²) in [5.74, 6) is -2.02. The van der Waals surface area contributed by atoms with Crippen molar-refractivity contribution in [3.05, 3.63) is 61.2 Å². The van der Waals surface area contributed by atoms with Crippen molar-refractivity contribution < 1.29 is 24.2 Å². The summed E-state index contributed by atoms with van der Waals surface area (Å²) in [5.41, 5.74) is -1.61. The number of rotatable bonds is 15. The minimum Gasteiger partial charge on any atom is -0.396 e. The Kier molecular flexibility index (Phi) is 10.6. The van der Waals surface area contributed by atoms with Crippen LogP contribution in [0.3, 0.4) is 0 Å². The number of benzene rings is 1. The Morgan fingerprint density at radius 2 is 1.70 bits per heavy atom. The lowest BCUT2D eigenvalue weighted by molar-refractivity contribution is -0.158. The number of hydrogen-bond acceptors (Lipinski definition) is 5. The first-order valence-corrected chi connectivity index (χ1v) is 17.1. The number of carbonyl (C=O) groups excluding carboxylic acids is 3. The summed E-state index contributed by atoms with van der Waals surface area (Å²) in [5, 5.41) is 9.42. The molecule has 8 nitrogen and oxygen atoms in total. The molecule has 1 aromatic rings. The Bertz CT molecular complexity index is 1290. The zero-order chi connectivity index (χ0) is 34.1. The van der Waals surface area contributed by atoms with E-state index in [9.17, 15) is 14.7 Å². The number of unbranched alkanes of at least 4 members (excludes halogenated alkanes) is 2. The summed E-state index contributed by atoms with van der Waals surface area (Å²) >= 11 is 0. The predicted molar refractivity (Wildman–Crippen MR) is 182 cm³/mol. The van der Waals surface area contributed by atoms with E-state index in [4.69, 9.17) is 4.74 Å². The number of carbonyl (C=O) groups is 3. The largest absolute Gasteiger partial charge is 0.396 e. The molecule has 0 aliphatic carbocycles. The topological polar surface area (TPSA) is 90.4 Å². The summed E-state index contributed by atoms with van der Waals surface area (Å²) < 4.78 is 7.05. The van der Waals surface area contributed by atoms with Crippen LogP contribution in [-0.4, -0.2) is 86.6 Å². The van der Waals surface area contributed by atoms with E-state index in [0.29, 0.717) is 45.4 Å². The van der Waals surface area contributed by atoms with E-state index in [1.165, 1.54) is 0 Å². The number of likely N-dealkylation sites (tertiary alicyclic amines) is 1. The van der Waals surface area contributed by atoms with E-state index in [-0.39, 0.29) is 35.7 Å². The second-order valence-electron chi connectivity index (χ2n) is 15.8. The highest BCUT2D eigenvalue weighted by Crippen LogP contribution is 2.65. The molecular weight excluding hydrogens is 578 g/mol. The molecule has 3 fully saturated rings. The van der Waals surface area contributed by atoms with Crippen LogP contribution in [0.2, 0.25) is 0 Å². The van der Waals surface area contributed by atoms with E-state index in [1.54, 1.807) is 22.0 Å². The second kappa shape index (κ2) is 13.6. The summed E-state index contributed by atoms with van der Waals surface area (Å²) in [6.45, 7) is 24.1. The molecule has 3 aliphatic rings. The molecule has 1 spiro atoms. The molecule has 3 heterocycles. The quantitative estimate of drug-likeness (QED) is 0.200. The Balaban J connectivity index is 1.80. The lowest BCUT2D eigenvalue weighted by atomic mass is 9.62. The van der Waals surface area contributed by atoms with Gasteiger partial charge in [0.25, 0.3) is 0 Å². The molecule has 0 saturated carbocycles. The minimum absolute atomic E-state index is 0.0469. The summed E-state index contributed by atoms with van der Waals surface area (Å²) in [6.07, 6.45) is 6.74. The molecule has 0 aromatic heterocycles. The van der Waals surface area contributed by atoms with Crippen LogP contribution in [0.25, 0.3) is 0 Å². The highest BCUT2D eigenvalue weighted by atomic mass is 16.5. The third-order valence-electron chi connectivity index (χ3n) is 10.5. The van der Waals surface area contributed by atoms with Crippen LogP contribution >= 0.6 is 0 Å². The number of ether oxygens (including phenoxy) is 1. The molecule has 0 radical (unpaired) electrons. The maximum atomic E-state index is 15.1. The Hall–Kier alpha value is -2.97. The van der Waals surface area contributed by atoms with E-state index in [2.05, 4.69) is 54.7 Å². The van der Waals surface area contributed by atoms with Crippen molar-refractivity contribution in [1.29, 1.82) is 0 Å². The predicted octanol–water partition coefficient (Wildman–Crippen LogP) is 5.60. The average Bonchev–Trinajstić information content (AvgIpc) is 3.48. The van der Waals surface area contributed by atoms with Crippen molar-refractivity contribution >= 4 is 17.7 Å². The molecule has 3 saturated heterocycles. The van der Waals surface area contributed by atoms with E-state index < -0.39 is 34.6 Å². The van der Waals surface area contributed by atoms with Gasteiger partial charge in [-0.3, -0.25) is 14.4 Å². The molecule has 1 N–H and O–H groups in total. The van der Waals surface area contributed by atoms with E-state index in [1.807, 2.05) is 42.2 Å². The third kappa shape index (κ3) is 6.57. The molecule has 3 aliphatic heterocycles. The van der Waals surface area contributed by atoms with Gasteiger partial charge in [0.05, 0.1) is 17.4 Å². The molecule has 4 rings (SSSR count). The first kappa shape index (κ1) is 35.9. The van der Waals surface area contributed by atoms with Crippen molar-refractivity contribution in [2.75, 3.05) is 26.2 Å². The second-order valence-corrected chi connectivity index (χ2v) is 15.8. The van der Waals surface area contributed by atoms with Gasteiger partial charge in [0.1, 0.15) is 11.6 Å². The molecule has 46 heavy (non-hydrogen) atoms. The van der Waals surface area contributed by atoms with Crippen molar-refractivity contribution in [2.45, 2.75) is 110 Å². The SMILES string of the molecule is C=CCN(Cc1ccccc1)C(=O)[C@@H]1[C@H]2C(=O)N(CCCCCO)C(C(=O)N(CC=C)C(C)(C)CC(C)(C)C)C23CC(C)[C@@]1(C)O3. The van der Waals surface area contributed by atoms with E-state index in [0.717, 1.165) is 18.4 Å². The molecule has 254 valence electrons. The maximum Gasteiger partial charge on any atom is 0.249 e. The highest BCUT2D eigenvalue weighted by Gasteiger charge is 2.80. The normalized spacial score (nSPS) is 28.7. The highest BCUT2D eigenvalue weighted by molar-refractivity contribution is 5.99. The number of aliphatic hydroxyl groups excluding tert-OH is 1. The van der Waals surface area contributed by atoms with Crippen LogP contribution in [0, 0.1) is 23.2 Å². The number of amides is 3. The smallest absolute Gasteiger partial charge is 0.249 e. The lowest BCUT2D eigenvalue weighted by Gasteiger charge is -2.45. The van der Waals surface area contributed by atoms with Gasteiger partial charge >= 0.3 is 0 Å². The number of aliphatic hydroxyl groups is 1. The molecule has 1 aromatic carbocycles. The summed E-state index contributed by atoms with van der Waals surface area (Å²) in [4.78, 5) is 49.8. The van der Waals surface area contributed by atoms with Crippen molar-refractivity contribution in [3.63, 3.8) is 0 Å². The van der Waals surface area contributed by atoms with Gasteiger partial charge in [-0.15, -0.1) is 13.2 Å². The van der Waals surface area contributed by atoms with Crippen LogP contribution < -0.4 is 0 Å². The van der Waals surface area contributed by atoms with Gasteiger partial charge in [-0.1, -0.05) is 70.2 Å². The van der Waals surface area contributed by atoms with Crippen LogP contribution in [-0.2, 0) is 25.7 Å². The number of fused-ring (bicyclic) bond motifs is 1. The van der Waals surface area contributed by atoms with Crippen LogP contribution in [0.15, 0.2) is 55.6 Å². The molecule has 2 bridgehead atoms. The zero-order valence-corrected chi connectivity index (χ0v) is 29.3. The molecule has 6 atom stereocenters. The van der Waals surface area contributed by atoms with Gasteiger partial charge in [-0.2, -0.15) is 0 Å². The van der Waals surface area contributed by atoms with Crippen molar-refractivity contribution in [2.24, 2.45) is 23.2 Å². The van der Waals surface area contributed by atoms with Gasteiger partial charge in [0, 0.05) is 38.3 Å². The van der Waals surface area contributed by atoms with Crippen LogP contribution in [0.5, 0.6) is 0 Å². The zero-order valence-electron chi connectivity index (χ0n) is 29.3. The van der Waals surface area contributed by atoms with Crippen LogP contribution in [0.4, 0.5) is 0 Å². The molecule has 8 heteroatoms. The van der Waals surface area contributed by atoms with Crippen LogP contribution in [0.1, 0.15) is 86.1 Å². The van der Waals surface area contributed by atoms with Gasteiger partial charge < -0.3 is 24.5 Å². The Labute approximate surface area is 276 Å². The first-order chi connectivity index (χ1) is 21.6. The fourth-order valence-electron chi connectivity index (χ4n) is 8.90. The monoisotopic (exact) mass is 635 g/mol. The standard InChI is InChI=1S/C38H57N3O5/c1-10-20-39(25-28-18-14-12-15-19-28)32(43)29-30-33(44)40(22-16-13-17-23-42)31(38(30)24-27(3)37(29,9)46-38)34(45)41(21-11-2)36(7,8)26-35(4,5)6/h10-12,14-15,18-19,27,29-31,42H,1-2,13,16-17,20-26H2,3-9H3/t27?,29-,30-,31?,37+,38?/m0/s1. The number of hydrogen-bond donors (Lipinski definition) is 1. The lowest BCUT2D eigenvalue weighted by Crippen LogP contribution is -2.61. The minimum atomic E-state index is -1.12. The average molecular weight is 636 g/mol. The Morgan fingerprint density at radius 1 is 1.04 bits per heavy atom. The first-order valence-electron chi connectivity index (χ1n) is 17.1. The molecular formula is C38H57N3O5. The fraction of sp³-hybridized carbons (Fsp3) is 0.658. The van der Waals surface area contributed by atoms with Gasteiger partial charge in [-0.05, 0) is 69.8 Å². The van der Waals surface area contributed by atoms with Gasteiger partial charge in [0.2, 0.25) is 17.7 Å². The van der Waals surface area contributed by atoms with Crippen molar-refractivity contribution in [3.8, 4) is 0 Å². The van der Waals surface area contributed by atoms with Crippen molar-refractivity contribution in [1.82, 2.24) is 14.7 Å². The molecule has 3 amide bonds.